The Morgan fingerprint density at radius 3 is 2.87 bits per heavy atom. The van der Waals surface area contributed by atoms with Crippen LogP contribution in [0.1, 0.15) is 5.76 Å². The van der Waals surface area contributed by atoms with E-state index in [4.69, 9.17) is 19.0 Å². The van der Waals surface area contributed by atoms with E-state index in [9.17, 15) is 0 Å². The minimum Gasteiger partial charge on any atom is -0.486 e. The molecule has 1 N–H and O–H groups in total. The Bertz CT molecular complexity index is 808. The summed E-state index contributed by atoms with van der Waals surface area (Å²) in [6, 6.07) is 11.2. The van der Waals surface area contributed by atoms with Crippen LogP contribution in [0, 0.1) is 0 Å². The molecule has 3 aromatic rings. The van der Waals surface area contributed by atoms with Gasteiger partial charge < -0.3 is 23.6 Å². The summed E-state index contributed by atoms with van der Waals surface area (Å²) in [6.07, 6.45) is 3.49. The minimum atomic E-state index is -0.128. The van der Waals surface area contributed by atoms with Crippen molar-refractivity contribution in [2.75, 3.05) is 6.61 Å². The van der Waals surface area contributed by atoms with Gasteiger partial charge in [-0.3, -0.25) is 0 Å². The first-order chi connectivity index (χ1) is 11.3. The van der Waals surface area contributed by atoms with Crippen molar-refractivity contribution in [2.24, 2.45) is 0 Å². The summed E-state index contributed by atoms with van der Waals surface area (Å²) in [6.45, 7) is 0.949. The molecule has 0 fully saturated rings. The molecule has 23 heavy (non-hydrogen) atoms. The largest absolute Gasteiger partial charge is 0.486 e. The van der Waals surface area contributed by atoms with Gasteiger partial charge in [0, 0.05) is 12.4 Å². The Labute approximate surface area is 132 Å². The van der Waals surface area contributed by atoms with Crippen molar-refractivity contribution < 1.29 is 19.0 Å². The van der Waals surface area contributed by atoms with E-state index in [1.54, 1.807) is 18.3 Å². The van der Waals surface area contributed by atoms with Gasteiger partial charge in [0.1, 0.15) is 19.0 Å². The molecule has 4 rings (SSSR count). The number of furan rings is 1. The molecule has 0 spiro atoms. The summed E-state index contributed by atoms with van der Waals surface area (Å²) in [5.41, 5.74) is 0. The summed E-state index contributed by atoms with van der Waals surface area (Å²) < 4.78 is 19.2. The van der Waals surface area contributed by atoms with Crippen LogP contribution < -0.4 is 9.47 Å². The van der Waals surface area contributed by atoms with Crippen molar-refractivity contribution in [2.45, 2.75) is 19.3 Å². The van der Waals surface area contributed by atoms with Gasteiger partial charge in [-0.2, -0.15) is 0 Å². The fourth-order valence-electron chi connectivity index (χ4n) is 2.64. The van der Waals surface area contributed by atoms with Gasteiger partial charge in [-0.05, 0) is 24.3 Å². The quantitative estimate of drug-likeness (QED) is 0.801. The van der Waals surface area contributed by atoms with E-state index in [1.807, 2.05) is 35.0 Å². The molecule has 118 valence electrons. The highest BCUT2D eigenvalue weighted by Gasteiger charge is 2.22. The van der Waals surface area contributed by atoms with Crippen LogP contribution >= 0.6 is 0 Å². The number of fused-ring (bicyclic) bond motifs is 1. The first-order valence-electron chi connectivity index (χ1n) is 7.43. The summed E-state index contributed by atoms with van der Waals surface area (Å²) in [5.74, 6) is 3.36. The van der Waals surface area contributed by atoms with Crippen LogP contribution in [-0.4, -0.2) is 27.4 Å². The normalized spacial score (nSPS) is 16.5. The lowest BCUT2D eigenvalue weighted by Gasteiger charge is -2.26. The number of aromatic nitrogens is 2. The van der Waals surface area contributed by atoms with Gasteiger partial charge in [-0.1, -0.05) is 12.1 Å². The molecular formula is C17H16N2O4. The van der Waals surface area contributed by atoms with E-state index in [0.717, 1.165) is 11.5 Å². The topological polar surface area (TPSA) is 69.7 Å². The van der Waals surface area contributed by atoms with E-state index in [2.05, 4.69) is 4.98 Å². The number of aliphatic hydroxyl groups is 1. The molecule has 1 aliphatic rings. The van der Waals surface area contributed by atoms with Gasteiger partial charge in [0.15, 0.2) is 29.2 Å². The number of rotatable bonds is 4. The van der Waals surface area contributed by atoms with E-state index < -0.39 is 0 Å². The van der Waals surface area contributed by atoms with Crippen LogP contribution in [0.25, 0.3) is 11.6 Å². The molecule has 1 aliphatic heterocycles. The third kappa shape index (κ3) is 2.68. The highest BCUT2D eigenvalue weighted by molar-refractivity contribution is 5.48. The second-order valence-electron chi connectivity index (χ2n) is 5.32. The SMILES string of the molecule is OCc1ccc(-c2nccn2C[C@@H]2COc3ccccc3O2)o1. The van der Waals surface area contributed by atoms with Crippen molar-refractivity contribution in [3.05, 3.63) is 54.6 Å². The summed E-state index contributed by atoms with van der Waals surface area (Å²) >= 11 is 0. The highest BCUT2D eigenvalue weighted by Crippen LogP contribution is 2.31. The fraction of sp³-hybridized carbons (Fsp3) is 0.235. The number of para-hydroxylation sites is 2. The molecule has 1 atom stereocenters. The molecule has 0 unspecified atom stereocenters. The summed E-state index contributed by atoms with van der Waals surface area (Å²) in [5, 5.41) is 9.11. The maximum Gasteiger partial charge on any atom is 0.176 e. The number of aliphatic hydroxyl groups excluding tert-OH is 1. The Balaban J connectivity index is 1.53. The van der Waals surface area contributed by atoms with E-state index in [1.165, 1.54) is 0 Å². The number of hydrogen-bond acceptors (Lipinski definition) is 5. The Hall–Kier alpha value is -2.73. The van der Waals surface area contributed by atoms with Gasteiger partial charge >= 0.3 is 0 Å². The number of benzene rings is 1. The molecule has 0 saturated heterocycles. The zero-order valence-corrected chi connectivity index (χ0v) is 12.4. The zero-order chi connectivity index (χ0) is 15.6. The first-order valence-corrected chi connectivity index (χ1v) is 7.43. The molecule has 0 bridgehead atoms. The van der Waals surface area contributed by atoms with Crippen LogP contribution in [0.15, 0.2) is 53.2 Å². The molecule has 6 heteroatoms. The predicted molar refractivity (Wildman–Crippen MR) is 82.2 cm³/mol. The summed E-state index contributed by atoms with van der Waals surface area (Å²) in [7, 11) is 0. The van der Waals surface area contributed by atoms with Crippen LogP contribution in [-0.2, 0) is 13.2 Å². The van der Waals surface area contributed by atoms with Crippen LogP contribution in [0.2, 0.25) is 0 Å². The van der Waals surface area contributed by atoms with Gasteiger partial charge in [-0.15, -0.1) is 0 Å². The first kappa shape index (κ1) is 13.9. The van der Waals surface area contributed by atoms with E-state index >= 15 is 0 Å². The highest BCUT2D eigenvalue weighted by atomic mass is 16.6. The van der Waals surface area contributed by atoms with Gasteiger partial charge in [-0.25, -0.2) is 4.98 Å². The molecule has 0 aliphatic carbocycles. The van der Waals surface area contributed by atoms with Gasteiger partial charge in [0.2, 0.25) is 0 Å². The second-order valence-corrected chi connectivity index (χ2v) is 5.32. The van der Waals surface area contributed by atoms with Gasteiger partial charge in [0.05, 0.1) is 6.54 Å². The van der Waals surface area contributed by atoms with Crippen molar-refractivity contribution >= 4 is 0 Å². The van der Waals surface area contributed by atoms with Gasteiger partial charge in [0.25, 0.3) is 0 Å². The van der Waals surface area contributed by atoms with E-state index in [0.29, 0.717) is 30.5 Å². The number of nitrogens with zero attached hydrogens (tertiary/aromatic N) is 2. The average Bonchev–Trinajstić information content (AvgIpc) is 3.23. The third-order valence-corrected chi connectivity index (χ3v) is 3.72. The van der Waals surface area contributed by atoms with Crippen LogP contribution in [0.5, 0.6) is 11.5 Å². The standard InChI is InChI=1S/C17H16N2O4/c20-10-12-5-6-16(22-12)17-18-7-8-19(17)9-13-11-21-14-3-1-2-4-15(14)23-13/h1-8,13,20H,9-11H2/t13-/m1/s1. The Morgan fingerprint density at radius 2 is 2.04 bits per heavy atom. The van der Waals surface area contributed by atoms with E-state index in [-0.39, 0.29) is 12.7 Å². The number of ether oxygens (including phenoxy) is 2. The monoisotopic (exact) mass is 312 g/mol. The Kier molecular flexibility index (Phi) is 3.51. The number of imidazole rings is 1. The molecule has 2 aromatic heterocycles. The average molecular weight is 312 g/mol. The van der Waals surface area contributed by atoms with Crippen LogP contribution in [0.3, 0.4) is 0 Å². The van der Waals surface area contributed by atoms with Crippen LogP contribution in [0.4, 0.5) is 0 Å². The fourth-order valence-corrected chi connectivity index (χ4v) is 2.64. The predicted octanol–water partition coefficient (Wildman–Crippen LogP) is 2.48. The maximum absolute atomic E-state index is 9.11. The smallest absolute Gasteiger partial charge is 0.176 e. The lowest BCUT2D eigenvalue weighted by molar-refractivity contribution is 0.0788. The molecule has 6 nitrogen and oxygen atoms in total. The molecular weight excluding hydrogens is 296 g/mol. The molecule has 1 aromatic carbocycles. The van der Waals surface area contributed by atoms with Crippen molar-refractivity contribution in [1.29, 1.82) is 0 Å². The molecule has 3 heterocycles. The lowest BCUT2D eigenvalue weighted by Crippen LogP contribution is -2.33. The Morgan fingerprint density at radius 1 is 1.17 bits per heavy atom. The molecule has 0 amide bonds. The second kappa shape index (κ2) is 5.81. The third-order valence-electron chi connectivity index (χ3n) is 3.72. The van der Waals surface area contributed by atoms with Crippen molar-refractivity contribution in [1.82, 2.24) is 9.55 Å². The maximum atomic E-state index is 9.11. The minimum absolute atomic E-state index is 0.106. The number of hydrogen-bond donors (Lipinski definition) is 1. The summed E-state index contributed by atoms with van der Waals surface area (Å²) in [4.78, 5) is 4.34. The lowest BCUT2D eigenvalue weighted by atomic mass is 10.2. The zero-order valence-electron chi connectivity index (χ0n) is 12.4. The molecule has 0 radical (unpaired) electrons. The van der Waals surface area contributed by atoms with Crippen molar-refractivity contribution in [3.63, 3.8) is 0 Å². The van der Waals surface area contributed by atoms with Crippen molar-refractivity contribution in [3.8, 4) is 23.1 Å². The molecule has 0 saturated carbocycles.